The average molecular weight is 477 g/mol. The molecule has 0 unspecified atom stereocenters. The van der Waals surface area contributed by atoms with Gasteiger partial charge in [-0.15, -0.1) is 0 Å². The Morgan fingerprint density at radius 1 is 0.788 bits per heavy atom. The van der Waals surface area contributed by atoms with Crippen LogP contribution in [0.15, 0.2) is 0 Å². The highest BCUT2D eigenvalue weighted by Crippen LogP contribution is 2.43. The Hall–Kier alpha value is -0.440. The first kappa shape index (κ1) is 24.3. The maximum absolute atomic E-state index is 11.0. The van der Waals surface area contributed by atoms with E-state index < -0.39 is 72.7 Å². The lowest BCUT2D eigenvalue weighted by Crippen LogP contribution is -2.48. The average Bonchev–Trinajstić information content (AvgIpc) is 3.44. The maximum Gasteiger partial charge on any atom is 0.190 e. The van der Waals surface area contributed by atoms with Crippen molar-refractivity contribution in [3.05, 3.63) is 0 Å². The van der Waals surface area contributed by atoms with Gasteiger partial charge in [0.2, 0.25) is 0 Å². The Labute approximate surface area is 193 Å². The van der Waals surface area contributed by atoms with Crippen LogP contribution in [0.4, 0.5) is 0 Å². The Kier molecular flexibility index (Phi) is 6.11. The molecule has 0 radical (unpaired) electrons. The number of hydrogen-bond donors (Lipinski definition) is 1. The van der Waals surface area contributed by atoms with Gasteiger partial charge in [0, 0.05) is 7.11 Å². The van der Waals surface area contributed by atoms with Crippen molar-refractivity contribution in [1.82, 2.24) is 0 Å². The minimum atomic E-state index is -0.997. The van der Waals surface area contributed by atoms with Gasteiger partial charge in [0.05, 0.1) is 13.2 Å². The van der Waals surface area contributed by atoms with Crippen LogP contribution in [0.5, 0.6) is 0 Å². The molecule has 0 spiro atoms. The zero-order valence-electron chi connectivity index (χ0n) is 20.2. The highest BCUT2D eigenvalue weighted by atomic mass is 16.9. The largest absolute Gasteiger partial charge is 0.388 e. The Balaban J connectivity index is 1.25. The first-order valence-electron chi connectivity index (χ1n) is 11.5. The summed E-state index contributed by atoms with van der Waals surface area (Å²) in [5.74, 6) is -2.29. The second-order valence-electron chi connectivity index (χ2n) is 10.6. The number of methoxy groups -OCH3 is 1. The number of aliphatic hydroxyl groups is 1. The van der Waals surface area contributed by atoms with E-state index in [9.17, 15) is 5.11 Å². The molecule has 11 heteroatoms. The third kappa shape index (κ3) is 4.58. The van der Waals surface area contributed by atoms with E-state index in [1.54, 1.807) is 7.11 Å². The maximum atomic E-state index is 11.0. The first-order chi connectivity index (χ1) is 15.4. The molecule has 0 aromatic heterocycles. The van der Waals surface area contributed by atoms with E-state index in [4.69, 9.17) is 47.4 Å². The third-order valence-electron chi connectivity index (χ3n) is 6.56. The highest BCUT2D eigenvalue weighted by molar-refractivity contribution is 5.00. The lowest BCUT2D eigenvalue weighted by Gasteiger charge is -2.31. The van der Waals surface area contributed by atoms with Gasteiger partial charge < -0.3 is 52.5 Å². The van der Waals surface area contributed by atoms with Crippen LogP contribution in [0.2, 0.25) is 0 Å². The molecule has 5 heterocycles. The zero-order chi connectivity index (χ0) is 23.8. The Bertz CT molecular complexity index is 727. The van der Waals surface area contributed by atoms with Crippen molar-refractivity contribution in [3.63, 3.8) is 0 Å². The molecule has 0 bridgehead atoms. The van der Waals surface area contributed by atoms with Gasteiger partial charge in [-0.05, 0) is 41.5 Å². The molecule has 5 saturated heterocycles. The fraction of sp³-hybridized carbons (Fsp3) is 1.00. The molecule has 0 aromatic rings. The summed E-state index contributed by atoms with van der Waals surface area (Å²) < 4.78 is 59.3. The fourth-order valence-corrected chi connectivity index (χ4v) is 5.26. The number of rotatable bonds is 6. The van der Waals surface area contributed by atoms with Crippen LogP contribution in [0.3, 0.4) is 0 Å². The second kappa shape index (κ2) is 8.31. The van der Waals surface area contributed by atoms with Crippen LogP contribution in [-0.2, 0) is 47.4 Å². The lowest BCUT2D eigenvalue weighted by atomic mass is 10.0. The summed E-state index contributed by atoms with van der Waals surface area (Å²) in [6.45, 7) is 11.3. The zero-order valence-corrected chi connectivity index (χ0v) is 20.2. The van der Waals surface area contributed by atoms with Crippen molar-refractivity contribution in [1.29, 1.82) is 0 Å². The van der Waals surface area contributed by atoms with Gasteiger partial charge in [-0.1, -0.05) is 0 Å². The van der Waals surface area contributed by atoms with Gasteiger partial charge >= 0.3 is 0 Å². The number of ether oxygens (including phenoxy) is 10. The van der Waals surface area contributed by atoms with Gasteiger partial charge in [0.1, 0.15) is 48.8 Å². The predicted octanol–water partition coefficient (Wildman–Crippen LogP) is 0.652. The lowest BCUT2D eigenvalue weighted by molar-refractivity contribution is -0.244. The molecule has 5 rings (SSSR count). The molecule has 33 heavy (non-hydrogen) atoms. The van der Waals surface area contributed by atoms with Crippen LogP contribution in [0.25, 0.3) is 0 Å². The number of fused-ring (bicyclic) bond motifs is 2. The topological polar surface area (TPSA) is 113 Å². The SMILES string of the molecule is CO[C@@H]1[C@H]2OC(C)(C)O[C@H]2O[C@@H]1[C@H](O)CO[C@@H]1[C@H]2OC(C)(C)O[C@H]2O[C@@H]1[C@H]1COC(C)(C)O1. The number of hydrogen-bond acceptors (Lipinski definition) is 11. The molecule has 5 aliphatic rings. The first-order valence-corrected chi connectivity index (χ1v) is 11.5. The molecule has 0 saturated carbocycles. The second-order valence-corrected chi connectivity index (χ2v) is 10.6. The minimum absolute atomic E-state index is 0.0398. The summed E-state index contributed by atoms with van der Waals surface area (Å²) in [5, 5.41) is 11.0. The van der Waals surface area contributed by atoms with Crippen LogP contribution in [0.1, 0.15) is 41.5 Å². The summed E-state index contributed by atoms with van der Waals surface area (Å²) in [6.07, 6.45) is -5.69. The summed E-state index contributed by atoms with van der Waals surface area (Å²) in [6, 6.07) is 0. The molecule has 0 amide bonds. The Morgan fingerprint density at radius 3 is 1.97 bits per heavy atom. The fourth-order valence-electron chi connectivity index (χ4n) is 5.26. The van der Waals surface area contributed by atoms with Crippen molar-refractivity contribution < 1.29 is 52.5 Å². The quantitative estimate of drug-likeness (QED) is 0.583. The number of aliphatic hydroxyl groups excluding tert-OH is 1. The molecule has 0 aliphatic carbocycles. The van der Waals surface area contributed by atoms with Gasteiger partial charge in [-0.3, -0.25) is 0 Å². The molecule has 11 nitrogen and oxygen atoms in total. The predicted molar refractivity (Wildman–Crippen MR) is 109 cm³/mol. The Morgan fingerprint density at radius 2 is 1.39 bits per heavy atom. The van der Waals surface area contributed by atoms with E-state index in [0.717, 1.165) is 0 Å². The molecule has 190 valence electrons. The third-order valence-corrected chi connectivity index (χ3v) is 6.56. The van der Waals surface area contributed by atoms with E-state index >= 15 is 0 Å². The summed E-state index contributed by atoms with van der Waals surface area (Å²) in [5.41, 5.74) is 0. The minimum Gasteiger partial charge on any atom is -0.388 e. The molecule has 10 atom stereocenters. The van der Waals surface area contributed by atoms with E-state index in [1.807, 2.05) is 41.5 Å². The smallest absolute Gasteiger partial charge is 0.190 e. The standard InChI is InChI=1S/C22H36O11/c1-20(2)26-9-11(29-20)13-15(17-19(28-13)33-22(5,6)31-17)25-8-10(23)12-14(24-7)16-18(27-12)32-21(3,4)30-16/h10-19,23H,8-9H2,1-7H3/t10-,11-,12-,13-,14+,15+,16-,17-,18-,19-/m1/s1. The van der Waals surface area contributed by atoms with Gasteiger partial charge in [-0.25, -0.2) is 0 Å². The van der Waals surface area contributed by atoms with E-state index in [1.165, 1.54) is 0 Å². The normalized spacial score (nSPS) is 48.2. The monoisotopic (exact) mass is 476 g/mol. The van der Waals surface area contributed by atoms with Crippen molar-refractivity contribution >= 4 is 0 Å². The highest BCUT2D eigenvalue weighted by Gasteiger charge is 2.60. The van der Waals surface area contributed by atoms with Crippen molar-refractivity contribution in [2.45, 2.75) is 120 Å². The molecular weight excluding hydrogens is 440 g/mol. The molecule has 1 N–H and O–H groups in total. The van der Waals surface area contributed by atoms with Gasteiger partial charge in [-0.2, -0.15) is 0 Å². The van der Waals surface area contributed by atoms with Crippen molar-refractivity contribution in [2.24, 2.45) is 0 Å². The van der Waals surface area contributed by atoms with Crippen LogP contribution < -0.4 is 0 Å². The van der Waals surface area contributed by atoms with Crippen molar-refractivity contribution in [2.75, 3.05) is 20.3 Å². The molecular formula is C22H36O11. The van der Waals surface area contributed by atoms with Crippen LogP contribution >= 0.6 is 0 Å². The van der Waals surface area contributed by atoms with Crippen LogP contribution in [-0.4, -0.2) is 104 Å². The molecule has 5 aliphatic heterocycles. The summed E-state index contributed by atoms with van der Waals surface area (Å²) in [7, 11) is 1.56. The summed E-state index contributed by atoms with van der Waals surface area (Å²) in [4.78, 5) is 0. The van der Waals surface area contributed by atoms with Gasteiger partial charge in [0.25, 0.3) is 0 Å². The van der Waals surface area contributed by atoms with E-state index in [0.29, 0.717) is 6.61 Å². The van der Waals surface area contributed by atoms with Crippen LogP contribution in [0, 0.1) is 0 Å². The van der Waals surface area contributed by atoms with E-state index in [2.05, 4.69) is 0 Å². The van der Waals surface area contributed by atoms with Gasteiger partial charge in [0.15, 0.2) is 29.9 Å². The van der Waals surface area contributed by atoms with E-state index in [-0.39, 0.29) is 12.7 Å². The van der Waals surface area contributed by atoms with Crippen molar-refractivity contribution in [3.8, 4) is 0 Å². The molecule has 0 aromatic carbocycles. The summed E-state index contributed by atoms with van der Waals surface area (Å²) >= 11 is 0. The molecule has 5 fully saturated rings.